The van der Waals surface area contributed by atoms with Crippen LogP contribution in [0.2, 0.25) is 0 Å². The van der Waals surface area contributed by atoms with E-state index in [2.05, 4.69) is 38.3 Å². The molecule has 2 aromatic rings. The van der Waals surface area contributed by atoms with E-state index >= 15 is 0 Å². The van der Waals surface area contributed by atoms with E-state index in [1.807, 2.05) is 11.4 Å². The van der Waals surface area contributed by atoms with E-state index in [9.17, 15) is 0 Å². The zero-order valence-electron chi connectivity index (χ0n) is 10.0. The summed E-state index contributed by atoms with van der Waals surface area (Å²) in [7, 11) is 0. The predicted octanol–water partition coefficient (Wildman–Crippen LogP) is 3.62. The Balaban J connectivity index is 1.80. The predicted molar refractivity (Wildman–Crippen MR) is 74.5 cm³/mol. The van der Waals surface area contributed by atoms with Gasteiger partial charge >= 0.3 is 0 Å². The second-order valence-corrected chi connectivity index (χ2v) is 6.55. The summed E-state index contributed by atoms with van der Waals surface area (Å²) in [6.07, 6.45) is 2.28. The number of nitrogens with one attached hydrogen (secondary N) is 1. The SMILES string of the molecule is CC1CCNC(c2nc(-c3cc(Br)cs3)no2)C1. The van der Waals surface area contributed by atoms with E-state index in [1.54, 1.807) is 11.3 Å². The van der Waals surface area contributed by atoms with Crippen LogP contribution in [0.5, 0.6) is 0 Å². The average molecular weight is 328 g/mol. The lowest BCUT2D eigenvalue weighted by Crippen LogP contribution is -2.30. The molecule has 0 saturated carbocycles. The van der Waals surface area contributed by atoms with E-state index in [-0.39, 0.29) is 6.04 Å². The van der Waals surface area contributed by atoms with Gasteiger partial charge in [0.05, 0.1) is 10.9 Å². The Morgan fingerprint density at radius 2 is 2.44 bits per heavy atom. The van der Waals surface area contributed by atoms with Crippen LogP contribution in [0.3, 0.4) is 0 Å². The average Bonchev–Trinajstić information content (AvgIpc) is 2.97. The first-order valence-corrected chi connectivity index (χ1v) is 7.71. The summed E-state index contributed by atoms with van der Waals surface area (Å²) in [5.74, 6) is 2.10. The zero-order chi connectivity index (χ0) is 12.5. The maximum atomic E-state index is 5.38. The second kappa shape index (κ2) is 5.11. The molecule has 6 heteroatoms. The van der Waals surface area contributed by atoms with Crippen molar-refractivity contribution in [1.82, 2.24) is 15.5 Å². The molecule has 2 aromatic heterocycles. The van der Waals surface area contributed by atoms with Crippen molar-refractivity contribution >= 4 is 27.3 Å². The molecule has 1 saturated heterocycles. The lowest BCUT2D eigenvalue weighted by atomic mass is 9.94. The molecule has 2 atom stereocenters. The van der Waals surface area contributed by atoms with Gasteiger partial charge in [0.15, 0.2) is 0 Å². The van der Waals surface area contributed by atoms with Gasteiger partial charge in [0.25, 0.3) is 0 Å². The number of nitrogens with zero attached hydrogens (tertiary/aromatic N) is 2. The van der Waals surface area contributed by atoms with Crippen molar-refractivity contribution in [2.24, 2.45) is 5.92 Å². The van der Waals surface area contributed by atoms with Crippen molar-refractivity contribution in [1.29, 1.82) is 0 Å². The minimum atomic E-state index is 0.207. The van der Waals surface area contributed by atoms with Crippen molar-refractivity contribution in [3.05, 3.63) is 21.8 Å². The molecule has 0 aliphatic carbocycles. The lowest BCUT2D eigenvalue weighted by Gasteiger charge is -2.25. The Labute approximate surface area is 118 Å². The van der Waals surface area contributed by atoms with Gasteiger partial charge in [-0.25, -0.2) is 0 Å². The van der Waals surface area contributed by atoms with Gasteiger partial charge in [0.2, 0.25) is 11.7 Å². The first-order chi connectivity index (χ1) is 8.72. The summed E-state index contributed by atoms with van der Waals surface area (Å²) in [6, 6.07) is 2.22. The standard InChI is InChI=1S/C12H14BrN3OS/c1-7-2-3-14-9(4-7)12-15-11(16-17-12)10-5-8(13)6-18-10/h5-7,9,14H,2-4H2,1H3. The highest BCUT2D eigenvalue weighted by Gasteiger charge is 2.25. The molecule has 1 aliphatic rings. The Kier molecular flexibility index (Phi) is 3.50. The lowest BCUT2D eigenvalue weighted by molar-refractivity contribution is 0.260. The van der Waals surface area contributed by atoms with Crippen LogP contribution in [0.1, 0.15) is 31.7 Å². The Bertz CT molecular complexity index is 539. The summed E-state index contributed by atoms with van der Waals surface area (Å²) in [6.45, 7) is 3.29. The smallest absolute Gasteiger partial charge is 0.244 e. The number of hydrogen-bond donors (Lipinski definition) is 1. The number of piperidine rings is 1. The summed E-state index contributed by atoms with van der Waals surface area (Å²) in [4.78, 5) is 5.53. The third-order valence-corrected chi connectivity index (χ3v) is 4.88. The van der Waals surface area contributed by atoms with Gasteiger partial charge in [-0.3, -0.25) is 0 Å². The second-order valence-electron chi connectivity index (χ2n) is 4.72. The van der Waals surface area contributed by atoms with Crippen LogP contribution < -0.4 is 5.32 Å². The van der Waals surface area contributed by atoms with Gasteiger partial charge in [0, 0.05) is 9.85 Å². The van der Waals surface area contributed by atoms with Crippen molar-refractivity contribution in [3.63, 3.8) is 0 Å². The van der Waals surface area contributed by atoms with E-state index in [1.165, 1.54) is 6.42 Å². The minimum absolute atomic E-state index is 0.207. The van der Waals surface area contributed by atoms with E-state index in [4.69, 9.17) is 4.52 Å². The molecule has 2 unspecified atom stereocenters. The molecule has 0 amide bonds. The number of thiophene rings is 1. The quantitative estimate of drug-likeness (QED) is 0.915. The number of rotatable bonds is 2. The molecule has 1 aliphatic heterocycles. The Hall–Kier alpha value is -0.720. The van der Waals surface area contributed by atoms with Gasteiger partial charge in [-0.05, 0) is 47.3 Å². The molecule has 18 heavy (non-hydrogen) atoms. The van der Waals surface area contributed by atoms with Crippen LogP contribution in [0.25, 0.3) is 10.7 Å². The molecular weight excluding hydrogens is 314 g/mol. The van der Waals surface area contributed by atoms with Crippen molar-refractivity contribution in [2.75, 3.05) is 6.54 Å². The molecule has 1 fully saturated rings. The molecule has 4 nitrogen and oxygen atoms in total. The van der Waals surface area contributed by atoms with Gasteiger partial charge in [0.1, 0.15) is 0 Å². The van der Waals surface area contributed by atoms with Gasteiger partial charge in [-0.15, -0.1) is 11.3 Å². The van der Waals surface area contributed by atoms with Crippen LogP contribution >= 0.6 is 27.3 Å². The van der Waals surface area contributed by atoms with Gasteiger partial charge in [-0.2, -0.15) is 4.98 Å². The maximum absolute atomic E-state index is 5.38. The van der Waals surface area contributed by atoms with Crippen LogP contribution in [-0.2, 0) is 0 Å². The molecule has 0 aromatic carbocycles. The van der Waals surface area contributed by atoms with Crippen LogP contribution in [-0.4, -0.2) is 16.7 Å². The highest BCUT2D eigenvalue weighted by Crippen LogP contribution is 2.30. The summed E-state index contributed by atoms with van der Waals surface area (Å²) < 4.78 is 6.44. The van der Waals surface area contributed by atoms with Crippen molar-refractivity contribution in [3.8, 4) is 10.7 Å². The van der Waals surface area contributed by atoms with Gasteiger partial charge in [-0.1, -0.05) is 12.1 Å². The molecule has 3 rings (SSSR count). The van der Waals surface area contributed by atoms with Crippen LogP contribution in [0, 0.1) is 5.92 Å². The highest BCUT2D eigenvalue weighted by atomic mass is 79.9. The molecule has 0 radical (unpaired) electrons. The third kappa shape index (κ3) is 2.50. The summed E-state index contributed by atoms with van der Waals surface area (Å²) in [5.41, 5.74) is 0. The Morgan fingerprint density at radius 3 is 3.17 bits per heavy atom. The third-order valence-electron chi connectivity index (χ3n) is 3.19. The van der Waals surface area contributed by atoms with Crippen LogP contribution in [0.4, 0.5) is 0 Å². The van der Waals surface area contributed by atoms with Crippen molar-refractivity contribution < 1.29 is 4.52 Å². The molecule has 3 heterocycles. The largest absolute Gasteiger partial charge is 0.337 e. The topological polar surface area (TPSA) is 51.0 Å². The van der Waals surface area contributed by atoms with Crippen LogP contribution in [0.15, 0.2) is 20.4 Å². The first-order valence-electron chi connectivity index (χ1n) is 6.04. The molecule has 96 valence electrons. The fourth-order valence-corrected chi connectivity index (χ4v) is 3.55. The summed E-state index contributed by atoms with van der Waals surface area (Å²) in [5, 5.41) is 9.52. The molecule has 0 bridgehead atoms. The normalized spacial score (nSPS) is 24.3. The van der Waals surface area contributed by atoms with E-state index in [0.717, 1.165) is 22.3 Å². The van der Waals surface area contributed by atoms with Crippen molar-refractivity contribution in [2.45, 2.75) is 25.8 Å². The highest BCUT2D eigenvalue weighted by molar-refractivity contribution is 9.10. The molecule has 1 N–H and O–H groups in total. The zero-order valence-corrected chi connectivity index (χ0v) is 12.4. The number of hydrogen-bond acceptors (Lipinski definition) is 5. The fraction of sp³-hybridized carbons (Fsp3) is 0.500. The van der Waals surface area contributed by atoms with E-state index < -0.39 is 0 Å². The Morgan fingerprint density at radius 1 is 1.56 bits per heavy atom. The number of aromatic nitrogens is 2. The van der Waals surface area contributed by atoms with Gasteiger partial charge < -0.3 is 9.84 Å². The monoisotopic (exact) mass is 327 g/mol. The van der Waals surface area contributed by atoms with E-state index in [0.29, 0.717) is 17.6 Å². The minimum Gasteiger partial charge on any atom is -0.337 e. The first kappa shape index (κ1) is 12.3. The fourth-order valence-electron chi connectivity index (χ4n) is 2.20. The number of halogens is 1. The molecule has 0 spiro atoms. The maximum Gasteiger partial charge on any atom is 0.244 e. The molecular formula is C12H14BrN3OS. The summed E-state index contributed by atoms with van der Waals surface area (Å²) >= 11 is 5.04.